The van der Waals surface area contributed by atoms with Gasteiger partial charge in [0.2, 0.25) is 0 Å². The van der Waals surface area contributed by atoms with Crippen molar-refractivity contribution in [2.75, 3.05) is 26.8 Å². The van der Waals surface area contributed by atoms with Gasteiger partial charge in [0, 0.05) is 32.4 Å². The molecule has 5 heteroatoms. The van der Waals surface area contributed by atoms with Gasteiger partial charge in [-0.1, -0.05) is 24.6 Å². The number of nitrogens with one attached hydrogen (secondary N) is 2. The molecule has 27 heavy (non-hydrogen) atoms. The molecule has 5 nitrogen and oxygen atoms in total. The van der Waals surface area contributed by atoms with Crippen molar-refractivity contribution in [3.63, 3.8) is 0 Å². The maximum atomic E-state index is 6.13. The number of hydrogen-bond donors (Lipinski definition) is 2. The fraction of sp³-hybridized carbons (Fsp3) is 0.682. The van der Waals surface area contributed by atoms with E-state index in [-0.39, 0.29) is 0 Å². The Morgan fingerprint density at radius 3 is 2.63 bits per heavy atom. The van der Waals surface area contributed by atoms with E-state index in [4.69, 9.17) is 14.5 Å². The van der Waals surface area contributed by atoms with Crippen LogP contribution in [0.1, 0.15) is 57.4 Å². The number of rotatable bonds is 10. The number of benzene rings is 1. The molecule has 1 aromatic carbocycles. The van der Waals surface area contributed by atoms with Crippen LogP contribution in [0.4, 0.5) is 0 Å². The maximum Gasteiger partial charge on any atom is 0.191 e. The minimum absolute atomic E-state index is 0.372. The zero-order valence-electron chi connectivity index (χ0n) is 16.9. The van der Waals surface area contributed by atoms with Gasteiger partial charge in [-0.05, 0) is 56.9 Å². The second kappa shape index (κ2) is 9.98. The van der Waals surface area contributed by atoms with Crippen LogP contribution in [0.3, 0.4) is 0 Å². The van der Waals surface area contributed by atoms with Gasteiger partial charge in [-0.3, -0.25) is 0 Å². The van der Waals surface area contributed by atoms with E-state index in [0.29, 0.717) is 18.1 Å². The van der Waals surface area contributed by atoms with Crippen molar-refractivity contribution < 1.29 is 9.47 Å². The molecule has 150 valence electrons. The Morgan fingerprint density at radius 2 is 2.00 bits per heavy atom. The van der Waals surface area contributed by atoms with Crippen molar-refractivity contribution in [2.24, 2.45) is 10.4 Å². The number of ether oxygens (including phenoxy) is 2. The van der Waals surface area contributed by atoms with Gasteiger partial charge in [-0.2, -0.15) is 0 Å². The minimum Gasteiger partial charge on any atom is -0.490 e. The van der Waals surface area contributed by atoms with Crippen molar-refractivity contribution in [1.29, 1.82) is 0 Å². The standard InChI is InChI=1S/C22H35N3O2/c1-3-23-21(25-17-22(12-7-13-22)14-15-26-2)24-16-18-8-4-5-11-20(18)27-19-9-6-10-19/h4-5,8,11,19H,3,6-7,9-10,12-17H2,1-2H3,(H2,23,24,25). The highest BCUT2D eigenvalue weighted by Crippen LogP contribution is 2.43. The van der Waals surface area contributed by atoms with Gasteiger partial charge in [0.25, 0.3) is 0 Å². The SMILES string of the molecule is CCNC(=NCc1ccccc1OC1CCC1)NCC1(CCOC)CCC1. The number of aliphatic imine (C=N–C) groups is 1. The molecule has 2 N–H and O–H groups in total. The van der Waals surface area contributed by atoms with Crippen molar-refractivity contribution >= 4 is 5.96 Å². The number of para-hydroxylation sites is 1. The molecule has 0 amide bonds. The summed E-state index contributed by atoms with van der Waals surface area (Å²) in [6, 6.07) is 8.29. The fourth-order valence-electron chi connectivity index (χ4n) is 3.71. The average molecular weight is 374 g/mol. The third-order valence-corrected chi connectivity index (χ3v) is 5.95. The van der Waals surface area contributed by atoms with Gasteiger partial charge in [0.1, 0.15) is 5.75 Å². The van der Waals surface area contributed by atoms with Crippen LogP contribution >= 0.6 is 0 Å². The van der Waals surface area contributed by atoms with E-state index >= 15 is 0 Å². The number of methoxy groups -OCH3 is 1. The average Bonchev–Trinajstić information content (AvgIpc) is 2.62. The molecule has 2 saturated carbocycles. The quantitative estimate of drug-likeness (QED) is 0.483. The monoisotopic (exact) mass is 373 g/mol. The van der Waals surface area contributed by atoms with Gasteiger partial charge >= 0.3 is 0 Å². The Morgan fingerprint density at radius 1 is 1.19 bits per heavy atom. The van der Waals surface area contributed by atoms with Crippen LogP contribution in [0.15, 0.2) is 29.3 Å². The zero-order chi connectivity index (χ0) is 19.0. The van der Waals surface area contributed by atoms with Gasteiger partial charge in [-0.25, -0.2) is 4.99 Å². The molecule has 0 radical (unpaired) electrons. The normalized spacial score (nSPS) is 19.1. The summed E-state index contributed by atoms with van der Waals surface area (Å²) in [6.45, 7) is 5.39. The molecule has 3 rings (SSSR count). The van der Waals surface area contributed by atoms with Gasteiger partial charge in [-0.15, -0.1) is 0 Å². The molecule has 1 aromatic rings. The molecule has 0 heterocycles. The van der Waals surface area contributed by atoms with Crippen LogP contribution in [0, 0.1) is 5.41 Å². The van der Waals surface area contributed by atoms with Crippen molar-refractivity contribution in [2.45, 2.75) is 64.5 Å². The second-order valence-corrected chi connectivity index (χ2v) is 7.92. The molecule has 2 aliphatic carbocycles. The number of guanidine groups is 1. The summed E-state index contributed by atoms with van der Waals surface area (Å²) in [7, 11) is 1.79. The summed E-state index contributed by atoms with van der Waals surface area (Å²) in [5.74, 6) is 1.87. The molecule has 0 spiro atoms. The fourth-order valence-corrected chi connectivity index (χ4v) is 3.71. The highest BCUT2D eigenvalue weighted by molar-refractivity contribution is 5.79. The summed E-state index contributed by atoms with van der Waals surface area (Å²) < 4.78 is 11.4. The lowest BCUT2D eigenvalue weighted by Gasteiger charge is -2.42. The molecule has 0 aromatic heterocycles. The van der Waals surface area contributed by atoms with Crippen molar-refractivity contribution in [3.05, 3.63) is 29.8 Å². The van der Waals surface area contributed by atoms with E-state index in [0.717, 1.165) is 43.4 Å². The van der Waals surface area contributed by atoms with Crippen LogP contribution in [0.5, 0.6) is 5.75 Å². The molecule has 0 aliphatic heterocycles. The molecule has 0 unspecified atom stereocenters. The van der Waals surface area contributed by atoms with Crippen LogP contribution in [-0.2, 0) is 11.3 Å². The van der Waals surface area contributed by atoms with Crippen molar-refractivity contribution in [3.8, 4) is 5.75 Å². The van der Waals surface area contributed by atoms with Crippen molar-refractivity contribution in [1.82, 2.24) is 10.6 Å². The predicted octanol–water partition coefficient (Wildman–Crippen LogP) is 3.88. The van der Waals surface area contributed by atoms with Crippen LogP contribution in [0.2, 0.25) is 0 Å². The van der Waals surface area contributed by atoms with Crippen LogP contribution < -0.4 is 15.4 Å². The molecule has 2 fully saturated rings. The minimum atomic E-state index is 0.372. The lowest BCUT2D eigenvalue weighted by Crippen LogP contribution is -2.47. The predicted molar refractivity (Wildman–Crippen MR) is 110 cm³/mol. The molecule has 0 atom stereocenters. The molecule has 0 saturated heterocycles. The van der Waals surface area contributed by atoms with Gasteiger partial charge in [0.15, 0.2) is 5.96 Å². The van der Waals surface area contributed by atoms with E-state index in [1.165, 1.54) is 38.5 Å². The first kappa shape index (κ1) is 20.0. The van der Waals surface area contributed by atoms with E-state index in [9.17, 15) is 0 Å². The third kappa shape index (κ3) is 5.61. The summed E-state index contributed by atoms with van der Waals surface area (Å²) in [4.78, 5) is 4.82. The maximum absolute atomic E-state index is 6.13. The first-order valence-electron chi connectivity index (χ1n) is 10.5. The highest BCUT2D eigenvalue weighted by atomic mass is 16.5. The van der Waals surface area contributed by atoms with Gasteiger partial charge in [0.05, 0.1) is 12.6 Å². The smallest absolute Gasteiger partial charge is 0.191 e. The summed E-state index contributed by atoms with van der Waals surface area (Å²) in [5.41, 5.74) is 1.52. The van der Waals surface area contributed by atoms with Crippen LogP contribution in [0.25, 0.3) is 0 Å². The molecular weight excluding hydrogens is 338 g/mol. The summed E-state index contributed by atoms with van der Waals surface area (Å²) in [5, 5.41) is 6.95. The zero-order valence-corrected chi connectivity index (χ0v) is 16.9. The highest BCUT2D eigenvalue weighted by Gasteiger charge is 2.36. The Balaban J connectivity index is 1.58. The third-order valence-electron chi connectivity index (χ3n) is 5.95. The lowest BCUT2D eigenvalue weighted by atomic mass is 9.67. The summed E-state index contributed by atoms with van der Waals surface area (Å²) >= 11 is 0. The number of nitrogens with zero attached hydrogens (tertiary/aromatic N) is 1. The molecule has 0 bridgehead atoms. The molecule has 2 aliphatic rings. The van der Waals surface area contributed by atoms with Gasteiger partial charge < -0.3 is 20.1 Å². The van der Waals surface area contributed by atoms with E-state index in [2.05, 4.69) is 35.8 Å². The van der Waals surface area contributed by atoms with E-state index < -0.39 is 0 Å². The second-order valence-electron chi connectivity index (χ2n) is 7.92. The largest absolute Gasteiger partial charge is 0.490 e. The number of hydrogen-bond acceptors (Lipinski definition) is 3. The summed E-state index contributed by atoms with van der Waals surface area (Å²) in [6.07, 6.45) is 9.02. The Bertz CT molecular complexity index is 609. The lowest BCUT2D eigenvalue weighted by molar-refractivity contribution is 0.0732. The van der Waals surface area contributed by atoms with Crippen LogP contribution in [-0.4, -0.2) is 38.9 Å². The first-order chi connectivity index (χ1) is 13.2. The Hall–Kier alpha value is -1.75. The van der Waals surface area contributed by atoms with E-state index in [1.807, 2.05) is 6.07 Å². The Labute approximate surface area is 163 Å². The molecular formula is C22H35N3O2. The van der Waals surface area contributed by atoms with E-state index in [1.54, 1.807) is 7.11 Å². The first-order valence-corrected chi connectivity index (χ1v) is 10.5. The topological polar surface area (TPSA) is 54.9 Å². The Kier molecular flexibility index (Phi) is 7.39.